The van der Waals surface area contributed by atoms with Gasteiger partial charge < -0.3 is 16.1 Å². The number of carboxylic acids is 2. The summed E-state index contributed by atoms with van der Waals surface area (Å²) >= 11 is 0. The van der Waals surface area contributed by atoms with Crippen molar-refractivity contribution in [2.75, 3.05) is 0 Å². The van der Waals surface area contributed by atoms with Gasteiger partial charge in [-0.25, -0.2) is 0 Å². The molecule has 9 heteroatoms. The Morgan fingerprint density at radius 2 is 1.52 bits per heavy atom. The van der Waals surface area contributed by atoms with E-state index in [9.17, 15) is 18.0 Å². The fourth-order valence-corrected chi connectivity index (χ4v) is 2.32. The number of hydrogen-bond donors (Lipinski definition) is 3. The second-order valence-electron chi connectivity index (χ2n) is 4.85. The van der Waals surface area contributed by atoms with Gasteiger partial charge in [-0.3, -0.25) is 14.1 Å². The summed E-state index contributed by atoms with van der Waals surface area (Å²) in [6, 6.07) is 0. The molecule has 7 nitrogen and oxygen atoms in total. The molecular formula is C14H27KO7S. The van der Waals surface area contributed by atoms with Crippen LogP contribution in [0.3, 0.4) is 0 Å². The molecule has 0 aromatic heterocycles. The van der Waals surface area contributed by atoms with Crippen molar-refractivity contribution in [1.29, 1.82) is 0 Å². The van der Waals surface area contributed by atoms with Gasteiger partial charge in [0, 0.05) is 0 Å². The molecule has 0 rings (SSSR count). The third-order valence-corrected chi connectivity index (χ3v) is 4.22. The third kappa shape index (κ3) is 17.1. The van der Waals surface area contributed by atoms with Crippen molar-refractivity contribution >= 4 is 22.1 Å². The van der Waals surface area contributed by atoms with Crippen LogP contribution in [0, 0.1) is 5.92 Å². The summed E-state index contributed by atoms with van der Waals surface area (Å²) < 4.78 is 28.7. The van der Waals surface area contributed by atoms with Crippen molar-refractivity contribution < 1.29 is 84.2 Å². The number of unbranched alkanes of at least 4 members (excludes halogenated alkanes) is 2. The van der Waals surface area contributed by atoms with Gasteiger partial charge >= 0.3 is 63.3 Å². The molecule has 1 atom stereocenters. The van der Waals surface area contributed by atoms with Crippen LogP contribution in [0.5, 0.6) is 0 Å². The van der Waals surface area contributed by atoms with Gasteiger partial charge in [0.05, 0.1) is 6.42 Å². The molecule has 0 spiro atoms. The fraction of sp³-hybridized carbons (Fsp3) is 0.786. The van der Waals surface area contributed by atoms with Crippen molar-refractivity contribution in [1.82, 2.24) is 0 Å². The molecule has 0 fully saturated rings. The Kier molecular flexibility index (Phi) is 19.7. The first-order valence-corrected chi connectivity index (χ1v) is 8.84. The van der Waals surface area contributed by atoms with E-state index < -0.39 is 33.7 Å². The number of hydrogen-bond acceptors (Lipinski definition) is 4. The summed E-state index contributed by atoms with van der Waals surface area (Å²) in [5.74, 6) is -1.76. The van der Waals surface area contributed by atoms with E-state index in [2.05, 4.69) is 20.8 Å². The Balaban J connectivity index is -0.000000338. The minimum absolute atomic E-state index is 0. The molecule has 0 amide bonds. The van der Waals surface area contributed by atoms with Crippen LogP contribution in [0.2, 0.25) is 0 Å². The predicted molar refractivity (Wildman–Crippen MR) is 83.2 cm³/mol. The minimum Gasteiger partial charge on any atom is -0.481 e. The summed E-state index contributed by atoms with van der Waals surface area (Å²) in [5.41, 5.74) is 0. The van der Waals surface area contributed by atoms with E-state index in [0.717, 1.165) is 0 Å². The zero-order valence-electron chi connectivity index (χ0n) is 14.4. The molecule has 0 aromatic rings. The minimum atomic E-state index is -4.84. The smallest absolute Gasteiger partial charge is 0.481 e. The molecule has 0 radical (unpaired) electrons. The predicted octanol–water partition coefficient (Wildman–Crippen LogP) is -0.233. The van der Waals surface area contributed by atoms with Gasteiger partial charge in [0.2, 0.25) is 0 Å². The Hall–Kier alpha value is 0.486. The first kappa shape index (κ1) is 28.3. The normalized spacial score (nSPS) is 11.9. The molecular weight excluding hydrogens is 351 g/mol. The molecule has 3 N–H and O–H groups in total. The van der Waals surface area contributed by atoms with Crippen LogP contribution in [0.25, 0.3) is 0 Å². The van der Waals surface area contributed by atoms with Crippen molar-refractivity contribution in [2.45, 2.75) is 71.0 Å². The van der Waals surface area contributed by atoms with Crippen LogP contribution < -0.4 is 51.4 Å². The molecule has 0 aliphatic heterocycles. The van der Waals surface area contributed by atoms with Crippen molar-refractivity contribution in [3.8, 4) is 0 Å². The van der Waals surface area contributed by atoms with Gasteiger partial charge in [-0.05, 0) is 0 Å². The standard InChI is InChI=1S/C10H21.C4H6O7S.K/c1-4-7-8-9-10(5-2)6-3;5-3(6)1-2(4(7)8)12(9,10)11;/h4-9H2,1-3H3;2H,1H2,(H,5,6)(H,7,8)(H,9,10,11);/q-1;;+1. The molecule has 1 unspecified atom stereocenters. The van der Waals surface area contributed by atoms with E-state index in [4.69, 9.17) is 14.8 Å². The number of rotatable bonds is 10. The zero-order valence-corrected chi connectivity index (χ0v) is 18.3. The van der Waals surface area contributed by atoms with Crippen molar-refractivity contribution in [2.24, 2.45) is 0 Å². The first-order chi connectivity index (χ1) is 10.1. The largest absolute Gasteiger partial charge is 1.00 e. The van der Waals surface area contributed by atoms with Gasteiger partial charge in [-0.2, -0.15) is 27.7 Å². The fourth-order valence-electron chi connectivity index (χ4n) is 1.71. The molecule has 23 heavy (non-hydrogen) atoms. The van der Waals surface area contributed by atoms with E-state index in [0.29, 0.717) is 0 Å². The average Bonchev–Trinajstić information content (AvgIpc) is 2.40. The maximum Gasteiger partial charge on any atom is 1.00 e. The topological polar surface area (TPSA) is 129 Å². The SMILES string of the molecule is CCCCC[C-](CC)CC.O=C(O)CC(C(=O)O)S(=O)(=O)O.[K+]. The second kappa shape index (κ2) is 16.0. The molecule has 0 aliphatic carbocycles. The Labute approximate surface area is 181 Å². The Bertz CT molecular complexity index is 419. The van der Waals surface area contributed by atoms with Crippen LogP contribution >= 0.6 is 0 Å². The molecule has 0 saturated heterocycles. The summed E-state index contributed by atoms with van der Waals surface area (Å²) in [5, 5.41) is 13.9. The number of aliphatic carboxylic acids is 2. The van der Waals surface area contributed by atoms with Crippen LogP contribution in [-0.4, -0.2) is 40.4 Å². The van der Waals surface area contributed by atoms with E-state index >= 15 is 0 Å². The van der Waals surface area contributed by atoms with Gasteiger partial charge in [0.25, 0.3) is 10.1 Å². The van der Waals surface area contributed by atoms with Crippen molar-refractivity contribution in [3.05, 3.63) is 5.92 Å². The van der Waals surface area contributed by atoms with E-state index in [1.54, 1.807) is 5.92 Å². The first-order valence-electron chi connectivity index (χ1n) is 7.34. The molecule has 0 heterocycles. The second-order valence-corrected chi connectivity index (χ2v) is 6.45. The van der Waals surface area contributed by atoms with Crippen molar-refractivity contribution in [3.63, 3.8) is 0 Å². The maximum atomic E-state index is 10.2. The van der Waals surface area contributed by atoms with Crippen LogP contribution in [0.1, 0.15) is 65.7 Å². The van der Waals surface area contributed by atoms with Gasteiger partial charge in [-0.1, -0.05) is 40.0 Å². The van der Waals surface area contributed by atoms with Crippen LogP contribution in [-0.2, 0) is 19.7 Å². The summed E-state index contributed by atoms with van der Waals surface area (Å²) in [6.45, 7) is 6.80. The molecule has 0 saturated carbocycles. The van der Waals surface area contributed by atoms with E-state index in [1.807, 2.05) is 0 Å². The molecule has 0 aliphatic rings. The summed E-state index contributed by atoms with van der Waals surface area (Å²) in [6.07, 6.45) is 6.97. The van der Waals surface area contributed by atoms with Crippen LogP contribution in [0.4, 0.5) is 0 Å². The third-order valence-electron chi connectivity index (χ3n) is 3.13. The molecule has 0 aromatic carbocycles. The van der Waals surface area contributed by atoms with Gasteiger partial charge in [0.1, 0.15) is 0 Å². The average molecular weight is 379 g/mol. The quantitative estimate of drug-likeness (QED) is 0.207. The van der Waals surface area contributed by atoms with E-state index in [-0.39, 0.29) is 51.4 Å². The molecule has 0 bridgehead atoms. The molecule has 132 valence electrons. The number of carbonyl (C=O) groups is 2. The number of carboxylic acid groups (broad SMARTS) is 2. The summed E-state index contributed by atoms with van der Waals surface area (Å²) in [4.78, 5) is 20.0. The summed E-state index contributed by atoms with van der Waals surface area (Å²) in [7, 11) is -4.84. The zero-order chi connectivity index (χ0) is 17.8. The van der Waals surface area contributed by atoms with Gasteiger partial charge in [0.15, 0.2) is 5.25 Å². The monoisotopic (exact) mass is 378 g/mol. The maximum absolute atomic E-state index is 10.2. The van der Waals surface area contributed by atoms with E-state index in [1.165, 1.54) is 38.5 Å². The van der Waals surface area contributed by atoms with Crippen LogP contribution in [0.15, 0.2) is 0 Å². The van der Waals surface area contributed by atoms with Gasteiger partial charge in [-0.15, -0.1) is 0 Å². The Morgan fingerprint density at radius 1 is 1.04 bits per heavy atom. The Morgan fingerprint density at radius 3 is 1.74 bits per heavy atom.